The molecule has 1 saturated heterocycles. The number of rotatable bonds is 1. The lowest BCUT2D eigenvalue weighted by Gasteiger charge is -2.25. The molecule has 0 saturated carbocycles. The largest absolute Gasteiger partial charge is 0.489 e. The molecular weight excluding hydrogens is 142 g/mol. The summed E-state index contributed by atoms with van der Waals surface area (Å²) in [5.41, 5.74) is 0. The van der Waals surface area contributed by atoms with Crippen LogP contribution in [0.15, 0.2) is 12.1 Å². The van der Waals surface area contributed by atoms with Gasteiger partial charge in [0.25, 0.3) is 5.88 Å². The first-order valence-corrected chi connectivity index (χ1v) is 3.83. The van der Waals surface area contributed by atoms with Crippen molar-refractivity contribution in [2.45, 2.75) is 19.3 Å². The van der Waals surface area contributed by atoms with Gasteiger partial charge in [-0.25, -0.2) is 0 Å². The molecule has 0 bridgehead atoms. The van der Waals surface area contributed by atoms with E-state index in [2.05, 4.69) is 4.98 Å². The molecule has 0 amide bonds. The highest BCUT2D eigenvalue weighted by Gasteiger charge is 2.14. The van der Waals surface area contributed by atoms with E-state index in [0.29, 0.717) is 0 Å². The van der Waals surface area contributed by atoms with E-state index in [0.717, 1.165) is 32.1 Å². The van der Waals surface area contributed by atoms with E-state index < -0.39 is 0 Å². The molecule has 1 N–H and O–H groups in total. The lowest BCUT2D eigenvalue weighted by molar-refractivity contribution is 0.175. The van der Waals surface area contributed by atoms with E-state index in [9.17, 15) is 5.11 Å². The highest BCUT2D eigenvalue weighted by Crippen LogP contribution is 2.12. The van der Waals surface area contributed by atoms with Gasteiger partial charge in [-0.05, 0) is 19.3 Å². The maximum absolute atomic E-state index is 9.21. The normalized spacial score (nSPS) is 19.5. The van der Waals surface area contributed by atoms with Crippen molar-refractivity contribution in [2.75, 3.05) is 13.1 Å². The number of aliphatic hydroxyl groups excluding tert-OH is 1. The van der Waals surface area contributed by atoms with Crippen molar-refractivity contribution in [3.63, 3.8) is 0 Å². The molecule has 0 aromatic rings. The molecule has 0 atom stereocenters. The maximum atomic E-state index is 9.21. The van der Waals surface area contributed by atoms with Crippen molar-refractivity contribution in [1.29, 1.82) is 5.39 Å². The van der Waals surface area contributed by atoms with Crippen molar-refractivity contribution in [2.24, 2.45) is 0 Å². The van der Waals surface area contributed by atoms with Crippen molar-refractivity contribution < 1.29 is 5.11 Å². The third-order valence-electron chi connectivity index (χ3n) is 1.85. The summed E-state index contributed by atoms with van der Waals surface area (Å²) in [4.78, 5) is 4.57. The molecule has 0 spiro atoms. The fraction of sp³-hybridized carbons (Fsp3) is 0.714. The molecule has 1 heterocycles. The zero-order chi connectivity index (χ0) is 8.10. The van der Waals surface area contributed by atoms with Crippen molar-refractivity contribution in [1.82, 2.24) is 4.90 Å². The van der Waals surface area contributed by atoms with Gasteiger partial charge in [0.15, 0.2) is 4.98 Å². The Morgan fingerprint density at radius 3 is 2.55 bits per heavy atom. The molecule has 0 aromatic heterocycles. The summed E-state index contributed by atoms with van der Waals surface area (Å²) in [6.45, 7) is 1.72. The smallest absolute Gasteiger partial charge is 0.409 e. The Hall–Kier alpha value is -1.24. The first kappa shape index (κ1) is 7.86. The Bertz CT molecular complexity index is 188. The van der Waals surface area contributed by atoms with Crippen LogP contribution in [0.5, 0.6) is 0 Å². The Morgan fingerprint density at radius 2 is 2.00 bits per heavy atom. The predicted molar refractivity (Wildman–Crippen MR) is 41.2 cm³/mol. The predicted octanol–water partition coefficient (Wildman–Crippen LogP) is 1.68. The Balaban J connectivity index is 2.46. The second kappa shape index (κ2) is 3.81. The zero-order valence-electron chi connectivity index (χ0n) is 6.40. The van der Waals surface area contributed by atoms with E-state index in [1.165, 1.54) is 6.42 Å². The van der Waals surface area contributed by atoms with E-state index in [1.54, 1.807) is 0 Å². The summed E-state index contributed by atoms with van der Waals surface area (Å²) in [7, 11) is 0. The highest BCUT2D eigenvalue weighted by molar-refractivity contribution is 4.95. The number of likely N-dealkylation sites (tertiary alicyclic amines) is 1. The minimum absolute atomic E-state index is 0.0622. The lowest BCUT2D eigenvalue weighted by atomic mass is 10.1. The van der Waals surface area contributed by atoms with Crippen LogP contribution in [0.4, 0.5) is 0 Å². The minimum atomic E-state index is 0.0622. The molecule has 11 heavy (non-hydrogen) atoms. The highest BCUT2D eigenvalue weighted by atomic mass is 16.3. The first-order chi connectivity index (χ1) is 5.34. The van der Waals surface area contributed by atoms with Gasteiger partial charge in [0.1, 0.15) is 0 Å². The Morgan fingerprint density at radius 1 is 1.36 bits per heavy atom. The maximum Gasteiger partial charge on any atom is 0.409 e. The fourth-order valence-electron chi connectivity index (χ4n) is 1.26. The van der Waals surface area contributed by atoms with Crippen LogP contribution in [0, 0.1) is 5.39 Å². The second-order valence-corrected chi connectivity index (χ2v) is 2.65. The molecule has 60 valence electrons. The van der Waals surface area contributed by atoms with E-state index in [-0.39, 0.29) is 5.88 Å². The van der Waals surface area contributed by atoms with E-state index in [4.69, 9.17) is 5.39 Å². The molecule has 0 aromatic carbocycles. The monoisotopic (exact) mass is 154 g/mol. The lowest BCUT2D eigenvalue weighted by Crippen LogP contribution is -2.28. The minimum Gasteiger partial charge on any atom is -0.489 e. The topological polar surface area (TPSA) is 51.6 Å². The molecule has 1 rings (SSSR count). The van der Waals surface area contributed by atoms with Gasteiger partial charge >= 0.3 is 6.20 Å². The van der Waals surface area contributed by atoms with Crippen molar-refractivity contribution in [3.8, 4) is 0 Å². The third-order valence-corrected chi connectivity index (χ3v) is 1.85. The number of nitrogens with zero attached hydrogens (tertiary/aromatic N) is 3. The zero-order valence-corrected chi connectivity index (χ0v) is 6.40. The van der Waals surface area contributed by atoms with Gasteiger partial charge in [-0.15, -0.1) is 0 Å². The van der Waals surface area contributed by atoms with Gasteiger partial charge in [0, 0.05) is 13.1 Å². The van der Waals surface area contributed by atoms with Crippen LogP contribution in [0.25, 0.3) is 4.98 Å². The summed E-state index contributed by atoms with van der Waals surface area (Å²) in [6.07, 6.45) is 4.48. The van der Waals surface area contributed by atoms with Gasteiger partial charge in [0.05, 0.1) is 0 Å². The van der Waals surface area contributed by atoms with Crippen LogP contribution < -0.4 is 0 Å². The summed E-state index contributed by atoms with van der Waals surface area (Å²) in [6, 6.07) is 0. The van der Waals surface area contributed by atoms with Gasteiger partial charge in [-0.3, -0.25) is 0 Å². The second-order valence-electron chi connectivity index (χ2n) is 2.65. The number of piperidine rings is 1. The molecule has 1 fully saturated rings. The van der Waals surface area contributed by atoms with Crippen LogP contribution in [-0.2, 0) is 0 Å². The molecule has 1 aliphatic heterocycles. The van der Waals surface area contributed by atoms with Crippen LogP contribution >= 0.6 is 0 Å². The van der Waals surface area contributed by atoms with E-state index >= 15 is 0 Å². The summed E-state index contributed by atoms with van der Waals surface area (Å²) in [5, 5.41) is 17.3. The number of hydrogen-bond acceptors (Lipinski definition) is 3. The molecule has 4 nitrogen and oxygen atoms in total. The molecule has 0 unspecified atom stereocenters. The SMILES string of the molecule is N#[N+]/C=C(/O)N1CCCCC1. The molecule has 0 radical (unpaired) electrons. The van der Waals surface area contributed by atoms with Gasteiger partial charge in [-0.1, -0.05) is 0 Å². The van der Waals surface area contributed by atoms with Crippen LogP contribution in [0.2, 0.25) is 0 Å². The van der Waals surface area contributed by atoms with Crippen LogP contribution in [-0.4, -0.2) is 23.1 Å². The third kappa shape index (κ3) is 2.11. The van der Waals surface area contributed by atoms with Gasteiger partial charge < -0.3 is 10.0 Å². The molecule has 1 aliphatic rings. The van der Waals surface area contributed by atoms with Crippen LogP contribution in [0.1, 0.15) is 19.3 Å². The van der Waals surface area contributed by atoms with Crippen molar-refractivity contribution >= 4 is 0 Å². The number of aliphatic hydroxyl groups is 1. The number of diazo groups is 1. The average molecular weight is 154 g/mol. The Kier molecular flexibility index (Phi) is 2.73. The average Bonchev–Trinajstić information content (AvgIpc) is 2.07. The molecule has 0 aliphatic carbocycles. The molecular formula is C7H12N3O+. The quantitative estimate of drug-likeness (QED) is 0.461. The Labute approximate surface area is 65.7 Å². The van der Waals surface area contributed by atoms with Crippen molar-refractivity contribution in [3.05, 3.63) is 17.1 Å². The fourth-order valence-corrected chi connectivity index (χ4v) is 1.26. The summed E-state index contributed by atoms with van der Waals surface area (Å²) in [5.74, 6) is 0.0622. The standard InChI is InChI=1S/C7H11N3O/c8-9-6-7(11)10-4-2-1-3-5-10/h6H,1-5H2/p+1/b7-6+. The molecule has 4 heteroatoms. The number of hydrogen-bond donors (Lipinski definition) is 1. The summed E-state index contributed by atoms with van der Waals surface area (Å²) < 4.78 is 0. The van der Waals surface area contributed by atoms with Gasteiger partial charge in [0.2, 0.25) is 5.39 Å². The first-order valence-electron chi connectivity index (χ1n) is 3.83. The van der Waals surface area contributed by atoms with Crippen LogP contribution in [0.3, 0.4) is 0 Å². The summed E-state index contributed by atoms with van der Waals surface area (Å²) >= 11 is 0. The van der Waals surface area contributed by atoms with Gasteiger partial charge in [-0.2, -0.15) is 0 Å². The van der Waals surface area contributed by atoms with E-state index in [1.807, 2.05) is 4.90 Å².